The summed E-state index contributed by atoms with van der Waals surface area (Å²) in [6.07, 6.45) is -0.418. The Bertz CT molecular complexity index is 690. The van der Waals surface area contributed by atoms with Crippen LogP contribution in [-0.2, 0) is 19.7 Å². The number of esters is 1. The van der Waals surface area contributed by atoms with Crippen molar-refractivity contribution in [3.05, 3.63) is 35.4 Å². The summed E-state index contributed by atoms with van der Waals surface area (Å²) in [7, 11) is 0. The number of Topliss-reactive ketones (excluding diaryl/α,β-unsaturated/α-hetero) is 1. The SMILES string of the molecule is CCOC(=O)CC(=O)C1CCN(C(=O)O)C(c2ccc(C(C)(C)C)cc2)C1. The number of amides is 1. The third kappa shape index (κ3) is 5.31. The van der Waals surface area contributed by atoms with Crippen molar-refractivity contribution in [2.45, 2.75) is 58.4 Å². The lowest BCUT2D eigenvalue weighted by Crippen LogP contribution is -2.42. The summed E-state index contributed by atoms with van der Waals surface area (Å²) in [5, 5.41) is 9.56. The van der Waals surface area contributed by atoms with E-state index in [4.69, 9.17) is 4.74 Å². The van der Waals surface area contributed by atoms with Crippen LogP contribution in [-0.4, -0.2) is 41.0 Å². The van der Waals surface area contributed by atoms with Gasteiger partial charge < -0.3 is 14.7 Å². The van der Waals surface area contributed by atoms with E-state index >= 15 is 0 Å². The fourth-order valence-electron chi connectivity index (χ4n) is 3.51. The number of hydrogen-bond donors (Lipinski definition) is 1. The molecule has 27 heavy (non-hydrogen) atoms. The topological polar surface area (TPSA) is 83.9 Å². The molecule has 1 saturated heterocycles. The lowest BCUT2D eigenvalue weighted by molar-refractivity contribution is -0.146. The lowest BCUT2D eigenvalue weighted by atomic mass is 9.82. The Morgan fingerprint density at radius 1 is 1.19 bits per heavy atom. The molecule has 0 saturated carbocycles. The van der Waals surface area contributed by atoms with Gasteiger partial charge in [0.15, 0.2) is 0 Å². The molecular formula is C21H29NO5. The summed E-state index contributed by atoms with van der Waals surface area (Å²) in [6, 6.07) is 7.53. The predicted molar refractivity (Wildman–Crippen MR) is 102 cm³/mol. The van der Waals surface area contributed by atoms with Crippen molar-refractivity contribution in [1.29, 1.82) is 0 Å². The van der Waals surface area contributed by atoms with Gasteiger partial charge in [-0.3, -0.25) is 9.59 Å². The monoisotopic (exact) mass is 375 g/mol. The van der Waals surface area contributed by atoms with Gasteiger partial charge in [0.05, 0.1) is 12.6 Å². The molecule has 1 aliphatic rings. The number of carbonyl (C=O) groups excluding carboxylic acids is 2. The van der Waals surface area contributed by atoms with Crippen molar-refractivity contribution in [2.75, 3.05) is 13.2 Å². The van der Waals surface area contributed by atoms with Gasteiger partial charge in [0.1, 0.15) is 12.2 Å². The maximum absolute atomic E-state index is 12.5. The van der Waals surface area contributed by atoms with E-state index in [-0.39, 0.29) is 42.7 Å². The van der Waals surface area contributed by atoms with E-state index in [2.05, 4.69) is 20.8 Å². The van der Waals surface area contributed by atoms with Crippen molar-refractivity contribution in [3.63, 3.8) is 0 Å². The van der Waals surface area contributed by atoms with E-state index in [1.807, 2.05) is 24.3 Å². The maximum atomic E-state index is 12.5. The van der Waals surface area contributed by atoms with Gasteiger partial charge in [-0.25, -0.2) is 4.79 Å². The van der Waals surface area contributed by atoms with Gasteiger partial charge in [0.2, 0.25) is 0 Å². The molecule has 0 radical (unpaired) electrons. The van der Waals surface area contributed by atoms with E-state index in [1.54, 1.807) is 6.92 Å². The van der Waals surface area contributed by atoms with Crippen LogP contribution in [0.25, 0.3) is 0 Å². The van der Waals surface area contributed by atoms with Crippen LogP contribution in [0.4, 0.5) is 4.79 Å². The van der Waals surface area contributed by atoms with Gasteiger partial charge in [-0.05, 0) is 36.3 Å². The molecule has 1 aromatic rings. The van der Waals surface area contributed by atoms with Gasteiger partial charge in [-0.15, -0.1) is 0 Å². The first-order valence-electron chi connectivity index (χ1n) is 9.41. The molecular weight excluding hydrogens is 346 g/mol. The Balaban J connectivity index is 2.18. The molecule has 2 rings (SSSR count). The van der Waals surface area contributed by atoms with Crippen LogP contribution in [0.1, 0.15) is 64.1 Å². The van der Waals surface area contributed by atoms with E-state index in [9.17, 15) is 19.5 Å². The Labute approximate surface area is 160 Å². The first-order chi connectivity index (χ1) is 12.6. The third-order valence-electron chi connectivity index (χ3n) is 5.09. The van der Waals surface area contributed by atoms with Crippen LogP contribution in [0, 0.1) is 5.92 Å². The minimum atomic E-state index is -0.990. The van der Waals surface area contributed by atoms with Gasteiger partial charge in [-0.2, -0.15) is 0 Å². The molecule has 1 fully saturated rings. The molecule has 1 N–H and O–H groups in total. The largest absolute Gasteiger partial charge is 0.466 e. The van der Waals surface area contributed by atoms with Gasteiger partial charge in [-0.1, -0.05) is 45.0 Å². The number of carbonyl (C=O) groups is 3. The van der Waals surface area contributed by atoms with E-state index < -0.39 is 12.1 Å². The zero-order valence-electron chi connectivity index (χ0n) is 16.5. The highest BCUT2D eigenvalue weighted by Crippen LogP contribution is 2.36. The molecule has 0 bridgehead atoms. The summed E-state index contributed by atoms with van der Waals surface area (Å²) in [4.78, 5) is 37.1. The highest BCUT2D eigenvalue weighted by Gasteiger charge is 2.36. The summed E-state index contributed by atoms with van der Waals surface area (Å²) >= 11 is 0. The molecule has 6 nitrogen and oxygen atoms in total. The van der Waals surface area contributed by atoms with Crippen molar-refractivity contribution in [3.8, 4) is 0 Å². The molecule has 1 amide bonds. The highest BCUT2D eigenvalue weighted by molar-refractivity contribution is 5.96. The summed E-state index contributed by atoms with van der Waals surface area (Å²) in [5.41, 5.74) is 2.05. The fourth-order valence-corrected chi connectivity index (χ4v) is 3.51. The van der Waals surface area contributed by atoms with Crippen molar-refractivity contribution >= 4 is 17.8 Å². The van der Waals surface area contributed by atoms with Crippen LogP contribution in [0.2, 0.25) is 0 Å². The quantitative estimate of drug-likeness (QED) is 0.622. The standard InChI is InChI=1S/C21H29NO5/c1-5-27-19(24)13-18(23)15-10-11-22(20(25)26)17(12-15)14-6-8-16(9-7-14)21(2,3)4/h6-9,15,17H,5,10-13H2,1-4H3,(H,25,26). The summed E-state index contributed by atoms with van der Waals surface area (Å²) in [6.45, 7) is 8.58. The number of hydrogen-bond acceptors (Lipinski definition) is 4. The molecule has 2 unspecified atom stereocenters. The average Bonchev–Trinajstić information content (AvgIpc) is 2.60. The van der Waals surface area contributed by atoms with Crippen LogP contribution < -0.4 is 0 Å². The third-order valence-corrected chi connectivity index (χ3v) is 5.09. The molecule has 148 valence electrons. The smallest absolute Gasteiger partial charge is 0.407 e. The van der Waals surface area contributed by atoms with Crippen LogP contribution in [0.3, 0.4) is 0 Å². The van der Waals surface area contributed by atoms with E-state index in [0.717, 1.165) is 5.56 Å². The Morgan fingerprint density at radius 2 is 1.81 bits per heavy atom. The minimum Gasteiger partial charge on any atom is -0.466 e. The van der Waals surface area contributed by atoms with Crippen LogP contribution >= 0.6 is 0 Å². The number of nitrogens with zero attached hydrogens (tertiary/aromatic N) is 1. The molecule has 1 heterocycles. The number of rotatable bonds is 5. The van der Waals surface area contributed by atoms with Crippen molar-refractivity contribution in [1.82, 2.24) is 4.90 Å². The number of carboxylic acid groups (broad SMARTS) is 1. The van der Waals surface area contributed by atoms with Gasteiger partial charge in [0.25, 0.3) is 0 Å². The van der Waals surface area contributed by atoms with Crippen molar-refractivity contribution < 1.29 is 24.2 Å². The van der Waals surface area contributed by atoms with Gasteiger partial charge >= 0.3 is 12.1 Å². The molecule has 6 heteroatoms. The maximum Gasteiger partial charge on any atom is 0.407 e. The Hall–Kier alpha value is -2.37. The van der Waals surface area contributed by atoms with E-state index in [1.165, 1.54) is 10.5 Å². The molecule has 1 aromatic carbocycles. The van der Waals surface area contributed by atoms with Crippen LogP contribution in [0.15, 0.2) is 24.3 Å². The minimum absolute atomic E-state index is 0.00964. The van der Waals surface area contributed by atoms with Crippen LogP contribution in [0.5, 0.6) is 0 Å². The second kappa shape index (κ2) is 8.55. The average molecular weight is 375 g/mol. The Morgan fingerprint density at radius 3 is 2.33 bits per heavy atom. The first kappa shape index (κ1) is 20.9. The van der Waals surface area contributed by atoms with Crippen molar-refractivity contribution in [2.24, 2.45) is 5.92 Å². The number of ketones is 1. The molecule has 0 spiro atoms. The summed E-state index contributed by atoms with van der Waals surface area (Å²) < 4.78 is 4.85. The number of ether oxygens (including phenoxy) is 1. The molecule has 0 aromatic heterocycles. The number of benzene rings is 1. The zero-order valence-corrected chi connectivity index (χ0v) is 16.5. The number of piperidine rings is 1. The molecule has 0 aliphatic carbocycles. The predicted octanol–water partition coefficient (Wildman–Crippen LogP) is 3.94. The fraction of sp³-hybridized carbons (Fsp3) is 0.571. The second-order valence-corrected chi connectivity index (χ2v) is 8.03. The molecule has 2 atom stereocenters. The van der Waals surface area contributed by atoms with Gasteiger partial charge in [0, 0.05) is 12.5 Å². The van der Waals surface area contributed by atoms with E-state index in [0.29, 0.717) is 12.8 Å². The Kier molecular flexibility index (Phi) is 6.63. The summed E-state index contributed by atoms with van der Waals surface area (Å²) in [5.74, 6) is -1.03. The first-order valence-corrected chi connectivity index (χ1v) is 9.41. The lowest BCUT2D eigenvalue weighted by Gasteiger charge is -2.37. The normalized spacial score (nSPS) is 20.2. The molecule has 1 aliphatic heterocycles. The highest BCUT2D eigenvalue weighted by atomic mass is 16.5. The second-order valence-electron chi connectivity index (χ2n) is 8.03. The zero-order chi connectivity index (χ0) is 20.2. The number of likely N-dealkylation sites (tertiary alicyclic amines) is 1.